The molecule has 0 saturated heterocycles. The van der Waals surface area contributed by atoms with E-state index >= 15 is 0 Å². The third-order valence-electron chi connectivity index (χ3n) is 5.05. The van der Waals surface area contributed by atoms with E-state index in [1.54, 1.807) is 7.11 Å². The number of carbonyl (C=O) groups excluding carboxylic acids is 1. The SMILES string of the molecule is COc1cccc(-c2nnc(SC(C(=O)Nc3ccc(C)cc3)c3ccccc3)n2C)c1. The minimum absolute atomic E-state index is 0.115. The van der Waals surface area contributed by atoms with Crippen LogP contribution >= 0.6 is 11.8 Å². The van der Waals surface area contributed by atoms with Crippen molar-refractivity contribution in [2.45, 2.75) is 17.3 Å². The number of thioether (sulfide) groups is 1. The lowest BCUT2D eigenvalue weighted by atomic mass is 10.1. The molecule has 0 radical (unpaired) electrons. The van der Waals surface area contributed by atoms with E-state index in [0.717, 1.165) is 28.1 Å². The van der Waals surface area contributed by atoms with Gasteiger partial charge in [0.25, 0.3) is 0 Å². The Morgan fingerprint density at radius 3 is 2.47 bits per heavy atom. The summed E-state index contributed by atoms with van der Waals surface area (Å²) in [7, 11) is 3.53. The van der Waals surface area contributed by atoms with E-state index < -0.39 is 5.25 Å². The summed E-state index contributed by atoms with van der Waals surface area (Å²) in [5.74, 6) is 1.34. The van der Waals surface area contributed by atoms with Crippen LogP contribution in [0.5, 0.6) is 5.75 Å². The predicted molar refractivity (Wildman–Crippen MR) is 128 cm³/mol. The molecule has 7 heteroatoms. The van der Waals surface area contributed by atoms with E-state index in [4.69, 9.17) is 4.74 Å². The van der Waals surface area contributed by atoms with Gasteiger partial charge in [-0.05, 0) is 36.8 Å². The van der Waals surface area contributed by atoms with Crippen molar-refractivity contribution < 1.29 is 9.53 Å². The lowest BCUT2D eigenvalue weighted by Crippen LogP contribution is -2.19. The molecule has 0 aliphatic carbocycles. The molecule has 162 valence electrons. The molecule has 0 aliphatic rings. The van der Waals surface area contributed by atoms with Crippen molar-refractivity contribution >= 4 is 23.4 Å². The number of ether oxygens (including phenoxy) is 1. The van der Waals surface area contributed by atoms with Gasteiger partial charge in [-0.3, -0.25) is 4.79 Å². The fourth-order valence-corrected chi connectivity index (χ4v) is 4.28. The van der Waals surface area contributed by atoms with Crippen LogP contribution in [0.3, 0.4) is 0 Å². The van der Waals surface area contributed by atoms with Crippen LogP contribution in [-0.2, 0) is 11.8 Å². The van der Waals surface area contributed by atoms with Crippen LogP contribution in [-0.4, -0.2) is 27.8 Å². The quantitative estimate of drug-likeness (QED) is 0.393. The summed E-state index contributed by atoms with van der Waals surface area (Å²) in [6.45, 7) is 2.02. The largest absolute Gasteiger partial charge is 0.497 e. The first-order valence-corrected chi connectivity index (χ1v) is 11.1. The zero-order valence-electron chi connectivity index (χ0n) is 18.1. The Balaban J connectivity index is 1.62. The number of rotatable bonds is 7. The summed E-state index contributed by atoms with van der Waals surface area (Å²) < 4.78 is 7.22. The first-order valence-electron chi connectivity index (χ1n) is 10.2. The van der Waals surface area contributed by atoms with Crippen molar-refractivity contribution in [1.29, 1.82) is 0 Å². The standard InChI is InChI=1S/C25H24N4O2S/c1-17-12-14-20(15-13-17)26-24(30)22(18-8-5-4-6-9-18)32-25-28-27-23(29(25)2)19-10-7-11-21(16-19)31-3/h4-16,22H,1-3H3,(H,26,30). The minimum Gasteiger partial charge on any atom is -0.497 e. The summed E-state index contributed by atoms with van der Waals surface area (Å²) >= 11 is 1.37. The average molecular weight is 445 g/mol. The van der Waals surface area contributed by atoms with Gasteiger partial charge in [0.15, 0.2) is 11.0 Å². The molecule has 1 heterocycles. The van der Waals surface area contributed by atoms with Crippen molar-refractivity contribution in [3.8, 4) is 17.1 Å². The van der Waals surface area contributed by atoms with Gasteiger partial charge in [-0.2, -0.15) is 0 Å². The number of nitrogens with zero attached hydrogens (tertiary/aromatic N) is 3. The summed E-state index contributed by atoms with van der Waals surface area (Å²) in [5.41, 5.74) is 3.69. The van der Waals surface area contributed by atoms with Gasteiger partial charge >= 0.3 is 0 Å². The van der Waals surface area contributed by atoms with E-state index in [2.05, 4.69) is 15.5 Å². The van der Waals surface area contributed by atoms with Gasteiger partial charge in [0.2, 0.25) is 5.91 Å². The maximum atomic E-state index is 13.3. The minimum atomic E-state index is -0.487. The van der Waals surface area contributed by atoms with Gasteiger partial charge in [-0.1, -0.05) is 71.9 Å². The summed E-state index contributed by atoms with van der Waals surface area (Å²) in [5, 5.41) is 11.9. The van der Waals surface area contributed by atoms with Crippen LogP contribution in [0.15, 0.2) is 84.0 Å². The molecule has 1 atom stereocenters. The second-order valence-corrected chi connectivity index (χ2v) is 8.43. The number of aromatic nitrogens is 3. The van der Waals surface area contributed by atoms with Crippen LogP contribution in [0.25, 0.3) is 11.4 Å². The van der Waals surface area contributed by atoms with Gasteiger partial charge in [0.1, 0.15) is 11.0 Å². The molecule has 3 aromatic carbocycles. The number of nitrogens with one attached hydrogen (secondary N) is 1. The highest BCUT2D eigenvalue weighted by molar-refractivity contribution is 8.00. The fraction of sp³-hybridized carbons (Fsp3) is 0.160. The molecular formula is C25H24N4O2S. The Labute approximate surface area is 191 Å². The molecule has 0 fully saturated rings. The Morgan fingerprint density at radius 2 is 1.75 bits per heavy atom. The van der Waals surface area contributed by atoms with Gasteiger partial charge in [-0.15, -0.1) is 10.2 Å². The third-order valence-corrected chi connectivity index (χ3v) is 6.33. The molecule has 1 N–H and O–H groups in total. The highest BCUT2D eigenvalue weighted by Crippen LogP contribution is 2.36. The predicted octanol–water partition coefficient (Wildman–Crippen LogP) is 5.27. The van der Waals surface area contributed by atoms with Gasteiger partial charge in [0.05, 0.1) is 7.11 Å². The maximum absolute atomic E-state index is 13.3. The van der Waals surface area contributed by atoms with E-state index in [1.165, 1.54) is 11.8 Å². The van der Waals surface area contributed by atoms with Crippen LogP contribution in [0.4, 0.5) is 5.69 Å². The molecule has 0 aliphatic heterocycles. The van der Waals surface area contributed by atoms with Crippen molar-refractivity contribution in [3.63, 3.8) is 0 Å². The van der Waals surface area contributed by atoms with E-state index in [9.17, 15) is 4.79 Å². The molecule has 4 rings (SSSR count). The molecule has 1 unspecified atom stereocenters. The Kier molecular flexibility index (Phi) is 6.56. The van der Waals surface area contributed by atoms with E-state index in [-0.39, 0.29) is 5.91 Å². The number of hydrogen-bond acceptors (Lipinski definition) is 5. The number of amides is 1. The Hall–Kier alpha value is -3.58. The number of methoxy groups -OCH3 is 1. The lowest BCUT2D eigenvalue weighted by Gasteiger charge is -2.17. The monoisotopic (exact) mass is 444 g/mol. The average Bonchev–Trinajstić information content (AvgIpc) is 3.19. The highest BCUT2D eigenvalue weighted by Gasteiger charge is 2.25. The number of aryl methyl sites for hydroxylation is 1. The molecule has 6 nitrogen and oxygen atoms in total. The van der Waals surface area contributed by atoms with Crippen LogP contribution in [0, 0.1) is 6.92 Å². The zero-order chi connectivity index (χ0) is 22.5. The normalized spacial score (nSPS) is 11.7. The zero-order valence-corrected chi connectivity index (χ0v) is 19.0. The molecule has 0 saturated carbocycles. The second kappa shape index (κ2) is 9.70. The van der Waals surface area contributed by atoms with Gasteiger partial charge in [-0.25, -0.2) is 0 Å². The molecular weight excluding hydrogens is 420 g/mol. The molecule has 32 heavy (non-hydrogen) atoms. The molecule has 0 bridgehead atoms. The second-order valence-electron chi connectivity index (χ2n) is 7.36. The Morgan fingerprint density at radius 1 is 1.00 bits per heavy atom. The number of hydrogen-bond donors (Lipinski definition) is 1. The van der Waals surface area contributed by atoms with Gasteiger partial charge in [0, 0.05) is 18.3 Å². The van der Waals surface area contributed by atoms with E-state index in [1.807, 2.05) is 97.4 Å². The summed E-state index contributed by atoms with van der Waals surface area (Å²) in [6.07, 6.45) is 0. The first kappa shape index (κ1) is 21.6. The number of benzene rings is 3. The third kappa shape index (κ3) is 4.84. The first-order chi connectivity index (χ1) is 15.5. The van der Waals surface area contributed by atoms with Crippen LogP contribution in [0.2, 0.25) is 0 Å². The molecule has 4 aromatic rings. The fourth-order valence-electron chi connectivity index (χ4n) is 3.28. The summed E-state index contributed by atoms with van der Waals surface area (Å²) in [6, 6.07) is 25.1. The summed E-state index contributed by atoms with van der Waals surface area (Å²) in [4.78, 5) is 13.3. The number of anilines is 1. The lowest BCUT2D eigenvalue weighted by molar-refractivity contribution is -0.115. The molecule has 1 amide bonds. The molecule has 0 spiro atoms. The topological polar surface area (TPSA) is 69.0 Å². The van der Waals surface area contributed by atoms with Gasteiger partial charge < -0.3 is 14.6 Å². The molecule has 1 aromatic heterocycles. The van der Waals surface area contributed by atoms with E-state index in [0.29, 0.717) is 11.0 Å². The van der Waals surface area contributed by atoms with Crippen molar-refractivity contribution in [2.24, 2.45) is 7.05 Å². The smallest absolute Gasteiger partial charge is 0.242 e. The van der Waals surface area contributed by atoms with Crippen molar-refractivity contribution in [1.82, 2.24) is 14.8 Å². The van der Waals surface area contributed by atoms with Crippen molar-refractivity contribution in [2.75, 3.05) is 12.4 Å². The van der Waals surface area contributed by atoms with Crippen molar-refractivity contribution in [3.05, 3.63) is 90.0 Å². The van der Waals surface area contributed by atoms with Crippen LogP contribution in [0.1, 0.15) is 16.4 Å². The maximum Gasteiger partial charge on any atom is 0.242 e. The Bertz CT molecular complexity index is 1210. The number of carbonyl (C=O) groups is 1. The van der Waals surface area contributed by atoms with Crippen LogP contribution < -0.4 is 10.1 Å². The highest BCUT2D eigenvalue weighted by atomic mass is 32.2.